The number of hydrogen-bond acceptors (Lipinski definition) is 3. The summed E-state index contributed by atoms with van der Waals surface area (Å²) in [6.07, 6.45) is 1.22. The molecule has 1 heterocycles. The van der Waals surface area contributed by atoms with Gasteiger partial charge in [0.1, 0.15) is 5.75 Å². The first kappa shape index (κ1) is 20.1. The second-order valence-corrected chi connectivity index (χ2v) is 8.36. The van der Waals surface area contributed by atoms with Gasteiger partial charge in [-0.3, -0.25) is 9.59 Å². The van der Waals surface area contributed by atoms with Gasteiger partial charge in [0.15, 0.2) is 0 Å². The van der Waals surface area contributed by atoms with Crippen LogP contribution in [0.3, 0.4) is 0 Å². The number of ether oxygens (including phenoxy) is 1. The number of anilines is 1. The van der Waals surface area contributed by atoms with Crippen molar-refractivity contribution < 1.29 is 14.3 Å². The van der Waals surface area contributed by atoms with E-state index in [1.54, 1.807) is 4.90 Å². The third-order valence-electron chi connectivity index (χ3n) is 6.00. The Labute approximate surface area is 167 Å². The molecule has 148 valence electrons. The fourth-order valence-corrected chi connectivity index (χ4v) is 3.39. The van der Waals surface area contributed by atoms with E-state index >= 15 is 0 Å². The highest BCUT2D eigenvalue weighted by Gasteiger charge is 2.36. The van der Waals surface area contributed by atoms with Crippen molar-refractivity contribution in [2.75, 3.05) is 11.4 Å². The minimum atomic E-state index is -0.444. The van der Waals surface area contributed by atoms with Crippen LogP contribution in [0.2, 0.25) is 0 Å². The summed E-state index contributed by atoms with van der Waals surface area (Å²) in [6, 6.07) is 13.6. The standard InChI is InChI=1S/C24H29NO3/c1-6-24(4,5)19-8-11-21(12-9-19)28-23(27)18-14-22(26)25(15-18)20-10-7-16(2)17(3)13-20/h7-13,18H,6,14-15H2,1-5H3/t18-/m1/s1. The van der Waals surface area contributed by atoms with Crippen molar-refractivity contribution in [2.24, 2.45) is 5.92 Å². The van der Waals surface area contributed by atoms with Gasteiger partial charge in [-0.15, -0.1) is 0 Å². The number of rotatable bonds is 5. The predicted octanol–water partition coefficient (Wildman–Crippen LogP) is 4.95. The summed E-state index contributed by atoms with van der Waals surface area (Å²) in [4.78, 5) is 26.7. The summed E-state index contributed by atoms with van der Waals surface area (Å²) in [6.45, 7) is 11.0. The Bertz CT molecular complexity index is 883. The van der Waals surface area contributed by atoms with E-state index < -0.39 is 5.92 Å². The van der Waals surface area contributed by atoms with Crippen molar-refractivity contribution in [3.05, 3.63) is 59.2 Å². The lowest BCUT2D eigenvalue weighted by molar-refractivity contribution is -0.139. The Balaban J connectivity index is 1.67. The molecule has 2 aromatic rings. The van der Waals surface area contributed by atoms with Gasteiger partial charge in [0.2, 0.25) is 5.91 Å². The Morgan fingerprint density at radius 1 is 1.11 bits per heavy atom. The molecule has 1 fully saturated rings. The van der Waals surface area contributed by atoms with Gasteiger partial charge >= 0.3 is 5.97 Å². The molecule has 1 aliphatic heterocycles. The quantitative estimate of drug-likeness (QED) is 0.545. The van der Waals surface area contributed by atoms with Crippen molar-refractivity contribution in [2.45, 2.75) is 52.9 Å². The molecule has 0 N–H and O–H groups in total. The number of nitrogens with zero attached hydrogens (tertiary/aromatic N) is 1. The summed E-state index contributed by atoms with van der Waals surface area (Å²) >= 11 is 0. The minimum Gasteiger partial charge on any atom is -0.426 e. The molecule has 0 aliphatic carbocycles. The second-order valence-electron chi connectivity index (χ2n) is 8.36. The van der Waals surface area contributed by atoms with Gasteiger partial charge in [0, 0.05) is 18.7 Å². The molecule has 1 atom stereocenters. The van der Waals surface area contributed by atoms with Crippen LogP contribution in [0.5, 0.6) is 5.75 Å². The van der Waals surface area contributed by atoms with Crippen LogP contribution in [0.15, 0.2) is 42.5 Å². The summed E-state index contributed by atoms with van der Waals surface area (Å²) in [7, 11) is 0. The summed E-state index contributed by atoms with van der Waals surface area (Å²) < 4.78 is 5.56. The van der Waals surface area contributed by atoms with E-state index in [0.717, 1.165) is 17.7 Å². The topological polar surface area (TPSA) is 46.6 Å². The van der Waals surface area contributed by atoms with E-state index in [-0.39, 0.29) is 23.7 Å². The van der Waals surface area contributed by atoms with Crippen LogP contribution in [0, 0.1) is 19.8 Å². The third kappa shape index (κ3) is 4.11. The molecule has 3 rings (SSSR count). The average molecular weight is 380 g/mol. The van der Waals surface area contributed by atoms with E-state index in [2.05, 4.69) is 20.8 Å². The summed E-state index contributed by atoms with van der Waals surface area (Å²) in [5, 5.41) is 0. The Morgan fingerprint density at radius 3 is 2.39 bits per heavy atom. The molecule has 0 spiro atoms. The molecule has 4 nitrogen and oxygen atoms in total. The highest BCUT2D eigenvalue weighted by molar-refractivity contribution is 5.99. The van der Waals surface area contributed by atoms with Gasteiger partial charge in [0.05, 0.1) is 5.92 Å². The Kier molecular flexibility index (Phi) is 5.59. The molecule has 1 amide bonds. The lowest BCUT2D eigenvalue weighted by Gasteiger charge is -2.23. The maximum absolute atomic E-state index is 12.6. The van der Waals surface area contributed by atoms with Gasteiger partial charge in [-0.25, -0.2) is 0 Å². The van der Waals surface area contributed by atoms with Crippen molar-refractivity contribution >= 4 is 17.6 Å². The van der Waals surface area contributed by atoms with Gasteiger partial charge in [-0.2, -0.15) is 0 Å². The molecule has 2 aromatic carbocycles. The molecule has 0 saturated carbocycles. The van der Waals surface area contributed by atoms with Gasteiger partial charge in [-0.05, 0) is 66.6 Å². The number of benzene rings is 2. The van der Waals surface area contributed by atoms with Gasteiger partial charge in [-0.1, -0.05) is 39.0 Å². The molecule has 1 aliphatic rings. The third-order valence-corrected chi connectivity index (χ3v) is 6.00. The molecule has 0 unspecified atom stereocenters. The zero-order valence-electron chi connectivity index (χ0n) is 17.4. The molecular formula is C24H29NO3. The number of aryl methyl sites for hydroxylation is 2. The van der Waals surface area contributed by atoms with Crippen molar-refractivity contribution in [3.8, 4) is 5.75 Å². The lowest BCUT2D eigenvalue weighted by Crippen LogP contribution is -2.27. The lowest BCUT2D eigenvalue weighted by atomic mass is 9.82. The fraction of sp³-hybridized carbons (Fsp3) is 0.417. The van der Waals surface area contributed by atoms with Crippen molar-refractivity contribution in [3.63, 3.8) is 0 Å². The van der Waals surface area contributed by atoms with E-state index in [1.807, 2.05) is 56.3 Å². The molecule has 0 radical (unpaired) electrons. The number of carbonyl (C=O) groups excluding carboxylic acids is 2. The van der Waals surface area contributed by atoms with Gasteiger partial charge < -0.3 is 9.64 Å². The highest BCUT2D eigenvalue weighted by atomic mass is 16.5. The van der Waals surface area contributed by atoms with Crippen molar-refractivity contribution in [1.29, 1.82) is 0 Å². The highest BCUT2D eigenvalue weighted by Crippen LogP contribution is 2.30. The maximum Gasteiger partial charge on any atom is 0.316 e. The van der Waals surface area contributed by atoms with E-state index in [9.17, 15) is 9.59 Å². The van der Waals surface area contributed by atoms with E-state index in [4.69, 9.17) is 4.74 Å². The normalized spacial score (nSPS) is 17.1. The molecule has 28 heavy (non-hydrogen) atoms. The Hall–Kier alpha value is -2.62. The van der Waals surface area contributed by atoms with Crippen LogP contribution in [-0.4, -0.2) is 18.4 Å². The number of esters is 1. The van der Waals surface area contributed by atoms with Crippen LogP contribution in [0.25, 0.3) is 0 Å². The molecule has 4 heteroatoms. The maximum atomic E-state index is 12.6. The van der Waals surface area contributed by atoms with Gasteiger partial charge in [0.25, 0.3) is 0 Å². The zero-order chi connectivity index (χ0) is 20.5. The van der Waals surface area contributed by atoms with E-state index in [1.165, 1.54) is 11.1 Å². The first-order valence-electron chi connectivity index (χ1n) is 9.91. The predicted molar refractivity (Wildman–Crippen MR) is 112 cm³/mol. The summed E-state index contributed by atoms with van der Waals surface area (Å²) in [5.41, 5.74) is 4.46. The number of carbonyl (C=O) groups is 2. The zero-order valence-corrected chi connectivity index (χ0v) is 17.4. The van der Waals surface area contributed by atoms with Crippen LogP contribution in [0.1, 0.15) is 50.3 Å². The SMILES string of the molecule is CCC(C)(C)c1ccc(OC(=O)[C@@H]2CC(=O)N(c3ccc(C)c(C)c3)C2)cc1. The molecule has 0 bridgehead atoms. The largest absolute Gasteiger partial charge is 0.426 e. The number of hydrogen-bond donors (Lipinski definition) is 0. The second kappa shape index (κ2) is 7.78. The smallest absolute Gasteiger partial charge is 0.316 e. The number of amides is 1. The van der Waals surface area contributed by atoms with Crippen LogP contribution < -0.4 is 9.64 Å². The average Bonchev–Trinajstić information content (AvgIpc) is 3.06. The molecule has 1 saturated heterocycles. The Morgan fingerprint density at radius 2 is 1.79 bits per heavy atom. The molecular weight excluding hydrogens is 350 g/mol. The minimum absolute atomic E-state index is 0.0368. The van der Waals surface area contributed by atoms with Crippen LogP contribution in [-0.2, 0) is 15.0 Å². The van der Waals surface area contributed by atoms with Crippen LogP contribution >= 0.6 is 0 Å². The van der Waals surface area contributed by atoms with E-state index in [0.29, 0.717) is 12.3 Å². The fourth-order valence-electron chi connectivity index (χ4n) is 3.39. The molecule has 0 aromatic heterocycles. The first-order chi connectivity index (χ1) is 13.2. The van der Waals surface area contributed by atoms with Crippen LogP contribution in [0.4, 0.5) is 5.69 Å². The first-order valence-corrected chi connectivity index (χ1v) is 9.91. The monoisotopic (exact) mass is 379 g/mol. The van der Waals surface area contributed by atoms with Crippen molar-refractivity contribution in [1.82, 2.24) is 0 Å². The summed E-state index contributed by atoms with van der Waals surface area (Å²) in [5.74, 6) is -0.300.